The zero-order valence-corrected chi connectivity index (χ0v) is 15.0. The molecule has 3 rings (SSSR count). The summed E-state index contributed by atoms with van der Waals surface area (Å²) in [5, 5.41) is 2.81. The predicted molar refractivity (Wildman–Crippen MR) is 98.3 cm³/mol. The first-order chi connectivity index (χ1) is 12.6. The van der Waals surface area contributed by atoms with Crippen molar-refractivity contribution < 1.29 is 9.18 Å². The third kappa shape index (κ3) is 5.23. The van der Waals surface area contributed by atoms with E-state index in [0.717, 1.165) is 39.1 Å². The molecule has 1 N–H and O–H groups in total. The smallest absolute Gasteiger partial charge is 0.218 e. The van der Waals surface area contributed by atoms with Crippen LogP contribution in [0.25, 0.3) is 0 Å². The van der Waals surface area contributed by atoms with Crippen LogP contribution in [0.4, 0.5) is 10.2 Å². The van der Waals surface area contributed by atoms with Crippen LogP contribution in [-0.2, 0) is 17.8 Å². The molecule has 0 bridgehead atoms. The molecule has 0 saturated carbocycles. The van der Waals surface area contributed by atoms with Gasteiger partial charge in [-0.3, -0.25) is 9.69 Å². The lowest BCUT2D eigenvalue weighted by Crippen LogP contribution is -2.46. The molecule has 1 aromatic carbocycles. The Morgan fingerprint density at radius 2 is 1.81 bits per heavy atom. The van der Waals surface area contributed by atoms with E-state index in [1.54, 1.807) is 0 Å². The van der Waals surface area contributed by atoms with Gasteiger partial charge in [0.05, 0.1) is 0 Å². The van der Waals surface area contributed by atoms with Crippen LogP contribution < -0.4 is 10.2 Å². The number of anilines is 1. The summed E-state index contributed by atoms with van der Waals surface area (Å²) in [6.07, 6.45) is 2.11. The summed E-state index contributed by atoms with van der Waals surface area (Å²) in [6, 6.07) is 9.92. The van der Waals surface area contributed by atoms with Crippen molar-refractivity contribution in [3.63, 3.8) is 0 Å². The van der Waals surface area contributed by atoms with Crippen LogP contribution in [0.15, 0.2) is 36.7 Å². The number of benzene rings is 1. The normalized spacial score (nSPS) is 15.1. The Labute approximate surface area is 153 Å². The molecule has 26 heavy (non-hydrogen) atoms. The van der Waals surface area contributed by atoms with Gasteiger partial charge in [-0.05, 0) is 17.5 Å². The summed E-state index contributed by atoms with van der Waals surface area (Å²) in [4.78, 5) is 23.0. The fraction of sp³-hybridized carbons (Fsp3) is 0.421. The maximum absolute atomic E-state index is 13.2. The molecule has 0 unspecified atom stereocenters. The van der Waals surface area contributed by atoms with Gasteiger partial charge in [0.15, 0.2) is 0 Å². The molecule has 0 radical (unpaired) electrons. The highest BCUT2D eigenvalue weighted by Gasteiger charge is 2.18. The molecule has 0 atom stereocenters. The third-order valence-corrected chi connectivity index (χ3v) is 4.53. The van der Waals surface area contributed by atoms with Crippen molar-refractivity contribution in [1.29, 1.82) is 0 Å². The number of hydrogen-bond acceptors (Lipinski definition) is 5. The number of carbonyl (C=O) groups excluding carboxylic acids is 1. The summed E-state index contributed by atoms with van der Waals surface area (Å²) in [5.74, 6) is 0.169. The SMILES string of the molecule is CC(=O)NCCc1ccc(CN2CCN(c3cc(F)ncn3)CC2)cc1. The molecule has 138 valence electrons. The minimum atomic E-state index is -0.490. The van der Waals surface area contributed by atoms with Gasteiger partial charge in [0.1, 0.15) is 12.1 Å². The monoisotopic (exact) mass is 357 g/mol. The summed E-state index contributed by atoms with van der Waals surface area (Å²) in [7, 11) is 0. The number of hydrogen-bond donors (Lipinski definition) is 1. The molecule has 0 aliphatic carbocycles. The van der Waals surface area contributed by atoms with Crippen molar-refractivity contribution in [1.82, 2.24) is 20.2 Å². The predicted octanol–water partition coefficient (Wildman–Crippen LogP) is 1.62. The van der Waals surface area contributed by atoms with Gasteiger partial charge in [0, 0.05) is 52.3 Å². The molecule has 1 saturated heterocycles. The average molecular weight is 357 g/mol. The summed E-state index contributed by atoms with van der Waals surface area (Å²) >= 11 is 0. The number of nitrogens with zero attached hydrogens (tertiary/aromatic N) is 4. The summed E-state index contributed by atoms with van der Waals surface area (Å²) < 4.78 is 13.2. The van der Waals surface area contributed by atoms with Crippen LogP contribution in [-0.4, -0.2) is 53.5 Å². The molecule has 6 nitrogen and oxygen atoms in total. The maximum atomic E-state index is 13.2. The van der Waals surface area contributed by atoms with E-state index < -0.39 is 5.95 Å². The molecule has 1 fully saturated rings. The second-order valence-electron chi connectivity index (χ2n) is 6.51. The maximum Gasteiger partial charge on any atom is 0.218 e. The molecule has 1 aliphatic rings. The second kappa shape index (κ2) is 8.71. The number of rotatable bonds is 6. The van der Waals surface area contributed by atoms with E-state index in [1.807, 2.05) is 0 Å². The molecule has 2 aromatic rings. The van der Waals surface area contributed by atoms with Gasteiger partial charge in [0.2, 0.25) is 11.9 Å². The molecule has 0 spiro atoms. The molecular weight excluding hydrogens is 333 g/mol. The second-order valence-corrected chi connectivity index (χ2v) is 6.51. The highest BCUT2D eigenvalue weighted by atomic mass is 19.1. The highest BCUT2D eigenvalue weighted by molar-refractivity contribution is 5.72. The minimum Gasteiger partial charge on any atom is -0.356 e. The van der Waals surface area contributed by atoms with Gasteiger partial charge >= 0.3 is 0 Å². The molecule has 1 amide bonds. The van der Waals surface area contributed by atoms with Crippen molar-refractivity contribution in [3.05, 3.63) is 53.7 Å². The first kappa shape index (κ1) is 18.3. The first-order valence-corrected chi connectivity index (χ1v) is 8.87. The van der Waals surface area contributed by atoms with Crippen molar-refractivity contribution in [2.75, 3.05) is 37.6 Å². The zero-order chi connectivity index (χ0) is 18.4. The average Bonchev–Trinajstić information content (AvgIpc) is 2.63. The number of halogens is 1. The van der Waals surface area contributed by atoms with E-state index >= 15 is 0 Å². The lowest BCUT2D eigenvalue weighted by Gasteiger charge is -2.35. The Hall–Kier alpha value is -2.54. The Balaban J connectivity index is 1.46. The number of aromatic nitrogens is 2. The largest absolute Gasteiger partial charge is 0.356 e. The Morgan fingerprint density at radius 1 is 1.12 bits per heavy atom. The molecular formula is C19H24FN5O. The Kier molecular flexibility index (Phi) is 6.12. The van der Waals surface area contributed by atoms with Gasteiger partial charge < -0.3 is 10.2 Å². The lowest BCUT2D eigenvalue weighted by atomic mass is 10.1. The third-order valence-electron chi connectivity index (χ3n) is 4.53. The van der Waals surface area contributed by atoms with Gasteiger partial charge in [0.25, 0.3) is 0 Å². The van der Waals surface area contributed by atoms with Crippen LogP contribution in [0.3, 0.4) is 0 Å². The number of nitrogens with one attached hydrogen (secondary N) is 1. The van der Waals surface area contributed by atoms with E-state index in [1.165, 1.54) is 30.4 Å². The molecule has 1 aliphatic heterocycles. The topological polar surface area (TPSA) is 61.4 Å². The van der Waals surface area contributed by atoms with Crippen molar-refractivity contribution >= 4 is 11.7 Å². The van der Waals surface area contributed by atoms with E-state index in [4.69, 9.17) is 0 Å². The number of piperazine rings is 1. The first-order valence-electron chi connectivity index (χ1n) is 8.87. The summed E-state index contributed by atoms with van der Waals surface area (Å²) in [5.41, 5.74) is 2.49. The Morgan fingerprint density at radius 3 is 2.46 bits per heavy atom. The van der Waals surface area contributed by atoms with E-state index in [9.17, 15) is 9.18 Å². The molecule has 2 heterocycles. The van der Waals surface area contributed by atoms with Crippen molar-refractivity contribution in [2.45, 2.75) is 19.9 Å². The standard InChI is InChI=1S/C19H24FN5O/c1-15(26)21-7-6-16-2-4-17(5-3-16)13-24-8-10-25(11-9-24)19-12-18(20)22-14-23-19/h2-5,12,14H,6-11,13H2,1H3,(H,21,26). The number of carbonyl (C=O) groups is 1. The summed E-state index contributed by atoms with van der Waals surface area (Å²) in [6.45, 7) is 6.57. The van der Waals surface area contributed by atoms with Crippen LogP contribution >= 0.6 is 0 Å². The van der Waals surface area contributed by atoms with Gasteiger partial charge in [-0.2, -0.15) is 4.39 Å². The van der Waals surface area contributed by atoms with Gasteiger partial charge in [-0.1, -0.05) is 24.3 Å². The lowest BCUT2D eigenvalue weighted by molar-refractivity contribution is -0.118. The minimum absolute atomic E-state index is 0.00506. The number of amides is 1. The van der Waals surface area contributed by atoms with E-state index in [-0.39, 0.29) is 5.91 Å². The van der Waals surface area contributed by atoms with Crippen LogP contribution in [0.5, 0.6) is 0 Å². The van der Waals surface area contributed by atoms with E-state index in [0.29, 0.717) is 12.4 Å². The van der Waals surface area contributed by atoms with Gasteiger partial charge in [-0.25, -0.2) is 9.97 Å². The zero-order valence-electron chi connectivity index (χ0n) is 15.0. The van der Waals surface area contributed by atoms with Crippen LogP contribution in [0, 0.1) is 5.95 Å². The van der Waals surface area contributed by atoms with E-state index in [2.05, 4.69) is 49.4 Å². The molecule has 7 heteroatoms. The highest BCUT2D eigenvalue weighted by Crippen LogP contribution is 2.15. The van der Waals surface area contributed by atoms with Crippen molar-refractivity contribution in [2.24, 2.45) is 0 Å². The fourth-order valence-corrected chi connectivity index (χ4v) is 3.08. The van der Waals surface area contributed by atoms with Crippen LogP contribution in [0.2, 0.25) is 0 Å². The quantitative estimate of drug-likeness (QED) is 0.796. The molecule has 1 aromatic heterocycles. The van der Waals surface area contributed by atoms with Gasteiger partial charge in [-0.15, -0.1) is 0 Å². The fourth-order valence-electron chi connectivity index (χ4n) is 3.08. The van der Waals surface area contributed by atoms with Crippen LogP contribution in [0.1, 0.15) is 18.1 Å². The van der Waals surface area contributed by atoms with Crippen molar-refractivity contribution in [3.8, 4) is 0 Å². The Bertz CT molecular complexity index is 729.